The third-order valence-corrected chi connectivity index (χ3v) is 3.88. The average molecular weight is 348 g/mol. The number of aryl methyl sites for hydroxylation is 2. The summed E-state index contributed by atoms with van der Waals surface area (Å²) in [7, 11) is 3.82. The molecule has 6 heteroatoms. The van der Waals surface area contributed by atoms with E-state index < -0.39 is 0 Å². The molecule has 0 bridgehead atoms. The minimum absolute atomic E-state index is 0.221. The van der Waals surface area contributed by atoms with Gasteiger partial charge in [-0.15, -0.1) is 0 Å². The Kier molecular flexibility index (Phi) is 5.03. The molecule has 0 aliphatic carbocycles. The van der Waals surface area contributed by atoms with Gasteiger partial charge >= 0.3 is 0 Å². The van der Waals surface area contributed by atoms with Gasteiger partial charge in [-0.25, -0.2) is 9.13 Å². The van der Waals surface area contributed by atoms with Crippen LogP contribution in [0, 0.1) is 0 Å². The minimum atomic E-state index is -0.221. The molecule has 0 atom stereocenters. The Morgan fingerprint density at radius 2 is 0.923 bits per heavy atom. The molecule has 0 aliphatic heterocycles. The molecular formula is C20H20N4O2+2. The number of rotatable bonds is 4. The van der Waals surface area contributed by atoms with E-state index in [0.717, 1.165) is 0 Å². The third-order valence-electron chi connectivity index (χ3n) is 3.88. The third kappa shape index (κ3) is 4.30. The Bertz CT molecular complexity index is 839. The summed E-state index contributed by atoms with van der Waals surface area (Å²) < 4.78 is 3.77. The second kappa shape index (κ2) is 7.57. The lowest BCUT2D eigenvalue weighted by Crippen LogP contribution is -2.26. The molecule has 0 saturated carbocycles. The summed E-state index contributed by atoms with van der Waals surface area (Å²) in [6.45, 7) is 0. The topological polar surface area (TPSA) is 66.0 Å². The van der Waals surface area contributed by atoms with Crippen molar-refractivity contribution in [3.63, 3.8) is 0 Å². The van der Waals surface area contributed by atoms with Crippen molar-refractivity contribution in [1.29, 1.82) is 0 Å². The molecule has 3 aromatic rings. The molecule has 0 aliphatic rings. The summed E-state index contributed by atoms with van der Waals surface area (Å²) >= 11 is 0. The highest BCUT2D eigenvalue weighted by molar-refractivity contribution is 6.07. The van der Waals surface area contributed by atoms with Crippen molar-refractivity contribution in [2.24, 2.45) is 14.1 Å². The van der Waals surface area contributed by atoms with Crippen LogP contribution < -0.4 is 19.8 Å². The average Bonchev–Trinajstić information content (AvgIpc) is 2.65. The maximum absolute atomic E-state index is 12.3. The van der Waals surface area contributed by atoms with E-state index in [2.05, 4.69) is 10.6 Å². The molecule has 0 spiro atoms. The molecule has 3 rings (SSSR count). The summed E-state index contributed by atoms with van der Waals surface area (Å²) in [5.74, 6) is -0.442. The fourth-order valence-electron chi connectivity index (χ4n) is 2.35. The van der Waals surface area contributed by atoms with Crippen LogP contribution in [0.1, 0.15) is 20.7 Å². The minimum Gasteiger partial charge on any atom is -0.322 e. The maximum Gasteiger partial charge on any atom is 0.255 e. The largest absolute Gasteiger partial charge is 0.322 e. The fourth-order valence-corrected chi connectivity index (χ4v) is 2.35. The highest BCUT2D eigenvalue weighted by Crippen LogP contribution is 2.11. The van der Waals surface area contributed by atoms with Crippen LogP contribution in [-0.4, -0.2) is 11.8 Å². The zero-order valence-corrected chi connectivity index (χ0v) is 14.6. The molecule has 0 saturated heterocycles. The van der Waals surface area contributed by atoms with E-state index in [0.29, 0.717) is 22.5 Å². The summed E-state index contributed by atoms with van der Waals surface area (Å²) in [6.07, 6.45) is 7.42. The number of benzene rings is 1. The van der Waals surface area contributed by atoms with Gasteiger partial charge in [-0.1, -0.05) is 0 Å². The van der Waals surface area contributed by atoms with E-state index in [4.69, 9.17) is 0 Å². The highest BCUT2D eigenvalue weighted by atomic mass is 16.2. The maximum atomic E-state index is 12.3. The van der Waals surface area contributed by atoms with Gasteiger partial charge in [-0.05, 0) is 24.3 Å². The number of carbonyl (C=O) groups is 2. The molecule has 2 N–H and O–H groups in total. The SMILES string of the molecule is C[n+]1ccc(NC(=O)c2ccc(C(=O)Nc3cc[n+](C)cc3)cc2)cc1. The molecule has 2 aromatic heterocycles. The number of carbonyl (C=O) groups excluding carboxylic acids is 2. The number of pyridine rings is 2. The number of aromatic nitrogens is 2. The van der Waals surface area contributed by atoms with Gasteiger partial charge in [0.15, 0.2) is 24.8 Å². The van der Waals surface area contributed by atoms with Crippen LogP contribution >= 0.6 is 0 Å². The molecule has 26 heavy (non-hydrogen) atoms. The van der Waals surface area contributed by atoms with Crippen molar-refractivity contribution in [2.75, 3.05) is 10.6 Å². The molecule has 1 aromatic carbocycles. The van der Waals surface area contributed by atoms with Gasteiger partial charge < -0.3 is 10.6 Å². The number of hydrogen-bond donors (Lipinski definition) is 2. The van der Waals surface area contributed by atoms with Crippen molar-refractivity contribution in [1.82, 2.24) is 0 Å². The first-order valence-corrected chi connectivity index (χ1v) is 8.14. The Morgan fingerprint density at radius 1 is 0.615 bits per heavy atom. The van der Waals surface area contributed by atoms with Crippen LogP contribution in [0.15, 0.2) is 73.3 Å². The lowest BCUT2D eigenvalue weighted by atomic mass is 10.1. The molecule has 130 valence electrons. The molecule has 0 unspecified atom stereocenters. The number of amides is 2. The quantitative estimate of drug-likeness (QED) is 0.707. The van der Waals surface area contributed by atoms with Gasteiger partial charge in [0.2, 0.25) is 0 Å². The van der Waals surface area contributed by atoms with Gasteiger partial charge in [-0.2, -0.15) is 0 Å². The Labute approximate surface area is 151 Å². The number of anilines is 2. The van der Waals surface area contributed by atoms with Crippen molar-refractivity contribution in [3.05, 3.63) is 84.4 Å². The van der Waals surface area contributed by atoms with Gasteiger partial charge in [-0.3, -0.25) is 9.59 Å². The Balaban J connectivity index is 1.65. The molecule has 2 amide bonds. The van der Waals surface area contributed by atoms with E-state index in [9.17, 15) is 9.59 Å². The zero-order chi connectivity index (χ0) is 18.5. The first kappa shape index (κ1) is 17.3. The van der Waals surface area contributed by atoms with Crippen LogP contribution in [0.4, 0.5) is 11.4 Å². The summed E-state index contributed by atoms with van der Waals surface area (Å²) in [4.78, 5) is 24.6. The Hall–Kier alpha value is -3.54. The first-order valence-electron chi connectivity index (χ1n) is 8.14. The predicted octanol–water partition coefficient (Wildman–Crippen LogP) is 1.84. The van der Waals surface area contributed by atoms with Gasteiger partial charge in [0.05, 0.1) is 11.4 Å². The zero-order valence-electron chi connectivity index (χ0n) is 14.6. The standard InChI is InChI=1S/C20H18N4O2/c1-23-11-7-17(8-12-23)21-19(25)15-3-5-16(6-4-15)20(26)22-18-9-13-24(2)14-10-18/h3-14H,1-2H3/p+2. The molecule has 0 fully saturated rings. The van der Waals surface area contributed by atoms with E-state index in [1.165, 1.54) is 0 Å². The number of nitrogens with zero attached hydrogens (tertiary/aromatic N) is 2. The van der Waals surface area contributed by atoms with Crippen LogP contribution in [0.5, 0.6) is 0 Å². The predicted molar refractivity (Wildman–Crippen MR) is 97.6 cm³/mol. The normalized spacial score (nSPS) is 10.2. The Morgan fingerprint density at radius 3 is 1.23 bits per heavy atom. The summed E-state index contributed by atoms with van der Waals surface area (Å²) in [5, 5.41) is 5.65. The lowest BCUT2D eigenvalue weighted by Gasteiger charge is -2.07. The van der Waals surface area contributed by atoms with Crippen LogP contribution in [-0.2, 0) is 14.1 Å². The van der Waals surface area contributed by atoms with Gasteiger partial charge in [0, 0.05) is 35.4 Å². The smallest absolute Gasteiger partial charge is 0.255 e. The van der Waals surface area contributed by atoms with Crippen molar-refractivity contribution in [3.8, 4) is 0 Å². The second-order valence-electron chi connectivity index (χ2n) is 5.99. The lowest BCUT2D eigenvalue weighted by molar-refractivity contribution is -0.671. The number of nitrogens with one attached hydrogen (secondary N) is 2. The first-order chi connectivity index (χ1) is 12.5. The monoisotopic (exact) mass is 348 g/mol. The van der Waals surface area contributed by atoms with Crippen LogP contribution in [0.3, 0.4) is 0 Å². The van der Waals surface area contributed by atoms with E-state index in [-0.39, 0.29) is 11.8 Å². The van der Waals surface area contributed by atoms with Crippen molar-refractivity contribution >= 4 is 23.2 Å². The second-order valence-corrected chi connectivity index (χ2v) is 5.99. The van der Waals surface area contributed by atoms with Gasteiger partial charge in [0.1, 0.15) is 14.1 Å². The molecule has 0 radical (unpaired) electrons. The van der Waals surface area contributed by atoms with Crippen molar-refractivity contribution in [2.45, 2.75) is 0 Å². The number of hydrogen-bond acceptors (Lipinski definition) is 2. The molecular weight excluding hydrogens is 328 g/mol. The van der Waals surface area contributed by atoms with Crippen LogP contribution in [0.2, 0.25) is 0 Å². The van der Waals surface area contributed by atoms with E-state index >= 15 is 0 Å². The van der Waals surface area contributed by atoms with Crippen LogP contribution in [0.25, 0.3) is 0 Å². The van der Waals surface area contributed by atoms with E-state index in [1.54, 1.807) is 24.3 Å². The molecule has 6 nitrogen and oxygen atoms in total. The highest BCUT2D eigenvalue weighted by Gasteiger charge is 2.10. The van der Waals surface area contributed by atoms with Gasteiger partial charge in [0.25, 0.3) is 11.8 Å². The summed E-state index contributed by atoms with van der Waals surface area (Å²) in [6, 6.07) is 13.8. The fraction of sp³-hybridized carbons (Fsp3) is 0.100. The van der Waals surface area contributed by atoms with E-state index in [1.807, 2.05) is 72.3 Å². The molecule has 2 heterocycles. The summed E-state index contributed by atoms with van der Waals surface area (Å²) in [5.41, 5.74) is 2.40. The van der Waals surface area contributed by atoms with Crippen molar-refractivity contribution < 1.29 is 18.7 Å².